The first-order chi connectivity index (χ1) is 15.9. The average molecular weight is 465 g/mol. The standard InChI is InChI=1S/C23H17F2N5O2S/c24-15-8-6-14(7-9-15)22-28-29-23(30(22)17-4-2-1-3-5-17)33-13-20(31)27-16-10-11-19(25)18(12-16)21(26)32/h1-12H,13H2,(H2,26,32)(H,27,31). The van der Waals surface area contributed by atoms with Crippen molar-refractivity contribution in [2.45, 2.75) is 5.16 Å². The van der Waals surface area contributed by atoms with Crippen LogP contribution < -0.4 is 11.1 Å². The Morgan fingerprint density at radius 2 is 1.70 bits per heavy atom. The third-order valence-electron chi connectivity index (χ3n) is 4.60. The van der Waals surface area contributed by atoms with Crippen molar-refractivity contribution < 1.29 is 18.4 Å². The van der Waals surface area contributed by atoms with Gasteiger partial charge < -0.3 is 11.1 Å². The summed E-state index contributed by atoms with van der Waals surface area (Å²) in [5, 5.41) is 11.5. The van der Waals surface area contributed by atoms with Gasteiger partial charge in [0.1, 0.15) is 11.6 Å². The normalized spacial score (nSPS) is 10.7. The first-order valence-corrected chi connectivity index (χ1v) is 10.7. The Labute approximate surface area is 191 Å². The quantitative estimate of drug-likeness (QED) is 0.401. The second-order valence-corrected chi connectivity index (χ2v) is 7.82. The van der Waals surface area contributed by atoms with E-state index in [1.807, 2.05) is 30.3 Å². The molecule has 4 aromatic rings. The number of nitrogens with one attached hydrogen (secondary N) is 1. The van der Waals surface area contributed by atoms with Crippen LogP contribution in [-0.2, 0) is 4.79 Å². The van der Waals surface area contributed by atoms with Crippen LogP contribution in [0.15, 0.2) is 78.0 Å². The molecule has 0 aliphatic heterocycles. The second-order valence-electron chi connectivity index (χ2n) is 6.88. The lowest BCUT2D eigenvalue weighted by Crippen LogP contribution is -2.17. The Hall–Kier alpha value is -4.05. The number of nitrogens with two attached hydrogens (primary N) is 1. The summed E-state index contributed by atoms with van der Waals surface area (Å²) < 4.78 is 28.8. The van der Waals surface area contributed by atoms with E-state index in [4.69, 9.17) is 5.73 Å². The SMILES string of the molecule is NC(=O)c1cc(NC(=O)CSc2nnc(-c3ccc(F)cc3)n2-c2ccccc2)ccc1F. The maximum Gasteiger partial charge on any atom is 0.251 e. The van der Waals surface area contributed by atoms with Gasteiger partial charge in [0.2, 0.25) is 5.91 Å². The third-order valence-corrected chi connectivity index (χ3v) is 5.53. The number of hydrogen-bond donors (Lipinski definition) is 2. The average Bonchev–Trinajstić information content (AvgIpc) is 3.24. The molecular weight excluding hydrogens is 448 g/mol. The molecule has 0 aliphatic carbocycles. The lowest BCUT2D eigenvalue weighted by Gasteiger charge is -2.11. The van der Waals surface area contributed by atoms with E-state index >= 15 is 0 Å². The van der Waals surface area contributed by atoms with Gasteiger partial charge in [-0.05, 0) is 54.6 Å². The van der Waals surface area contributed by atoms with Crippen LogP contribution in [0, 0.1) is 11.6 Å². The van der Waals surface area contributed by atoms with Gasteiger partial charge in [-0.3, -0.25) is 14.2 Å². The zero-order valence-corrected chi connectivity index (χ0v) is 17.9. The molecule has 0 spiro atoms. The fourth-order valence-corrected chi connectivity index (χ4v) is 3.83. The molecule has 33 heavy (non-hydrogen) atoms. The minimum Gasteiger partial charge on any atom is -0.366 e. The summed E-state index contributed by atoms with van der Waals surface area (Å²) in [5.41, 5.74) is 6.51. The second kappa shape index (κ2) is 9.61. The molecule has 0 radical (unpaired) electrons. The van der Waals surface area contributed by atoms with Gasteiger partial charge in [0.15, 0.2) is 11.0 Å². The number of para-hydroxylation sites is 1. The van der Waals surface area contributed by atoms with E-state index in [2.05, 4.69) is 15.5 Å². The van der Waals surface area contributed by atoms with E-state index in [1.54, 1.807) is 16.7 Å². The first-order valence-electron chi connectivity index (χ1n) is 9.71. The summed E-state index contributed by atoms with van der Waals surface area (Å²) in [5.74, 6) is -1.99. The molecule has 0 aliphatic rings. The van der Waals surface area contributed by atoms with Crippen molar-refractivity contribution in [1.29, 1.82) is 0 Å². The molecule has 0 saturated carbocycles. The van der Waals surface area contributed by atoms with Crippen molar-refractivity contribution in [1.82, 2.24) is 14.8 Å². The van der Waals surface area contributed by atoms with E-state index in [1.165, 1.54) is 24.3 Å². The van der Waals surface area contributed by atoms with Crippen LogP contribution in [0.4, 0.5) is 14.5 Å². The molecule has 1 aromatic heterocycles. The number of carbonyl (C=O) groups excluding carboxylic acids is 2. The van der Waals surface area contributed by atoms with Crippen LogP contribution in [0.3, 0.4) is 0 Å². The number of thioether (sulfide) groups is 1. The van der Waals surface area contributed by atoms with Crippen molar-refractivity contribution in [2.24, 2.45) is 5.73 Å². The lowest BCUT2D eigenvalue weighted by atomic mass is 10.2. The molecule has 0 bridgehead atoms. The molecule has 7 nitrogen and oxygen atoms in total. The summed E-state index contributed by atoms with van der Waals surface area (Å²) in [7, 11) is 0. The van der Waals surface area contributed by atoms with Gasteiger partial charge in [-0.25, -0.2) is 8.78 Å². The Balaban J connectivity index is 1.56. The molecule has 0 fully saturated rings. The van der Waals surface area contributed by atoms with Gasteiger partial charge in [-0.1, -0.05) is 30.0 Å². The predicted octanol–water partition coefficient (Wildman–Crippen LogP) is 4.04. The number of halogens is 2. The molecular formula is C23H17F2N5O2S. The maximum atomic E-state index is 13.6. The number of aromatic nitrogens is 3. The van der Waals surface area contributed by atoms with Gasteiger partial charge in [0.25, 0.3) is 5.91 Å². The fourth-order valence-electron chi connectivity index (χ4n) is 3.08. The van der Waals surface area contributed by atoms with E-state index in [-0.39, 0.29) is 22.8 Å². The predicted molar refractivity (Wildman–Crippen MR) is 121 cm³/mol. The Bertz CT molecular complexity index is 1310. The van der Waals surface area contributed by atoms with Crippen LogP contribution in [0.2, 0.25) is 0 Å². The number of rotatable bonds is 7. The summed E-state index contributed by atoms with van der Waals surface area (Å²) >= 11 is 1.14. The monoisotopic (exact) mass is 465 g/mol. The zero-order valence-electron chi connectivity index (χ0n) is 17.0. The van der Waals surface area contributed by atoms with Gasteiger partial charge in [0, 0.05) is 16.9 Å². The number of benzene rings is 3. The Morgan fingerprint density at radius 3 is 2.39 bits per heavy atom. The van der Waals surface area contributed by atoms with Crippen molar-refractivity contribution >= 4 is 29.3 Å². The van der Waals surface area contributed by atoms with Gasteiger partial charge in [-0.15, -0.1) is 10.2 Å². The van der Waals surface area contributed by atoms with E-state index in [0.717, 1.165) is 23.5 Å². The minimum absolute atomic E-state index is 0.0301. The number of hydrogen-bond acceptors (Lipinski definition) is 5. The largest absolute Gasteiger partial charge is 0.366 e. The topological polar surface area (TPSA) is 103 Å². The highest BCUT2D eigenvalue weighted by Gasteiger charge is 2.18. The maximum absolute atomic E-state index is 13.6. The molecule has 3 aromatic carbocycles. The number of nitrogens with zero attached hydrogens (tertiary/aromatic N) is 3. The lowest BCUT2D eigenvalue weighted by molar-refractivity contribution is -0.113. The van der Waals surface area contributed by atoms with Crippen molar-refractivity contribution in [2.75, 3.05) is 11.1 Å². The van der Waals surface area contributed by atoms with Crippen molar-refractivity contribution in [3.63, 3.8) is 0 Å². The molecule has 0 atom stereocenters. The Kier molecular flexibility index (Phi) is 6.45. The van der Waals surface area contributed by atoms with Gasteiger partial charge >= 0.3 is 0 Å². The van der Waals surface area contributed by atoms with Crippen molar-refractivity contribution in [3.05, 3.63) is 90.0 Å². The molecule has 166 valence electrons. The number of amides is 2. The molecule has 3 N–H and O–H groups in total. The number of primary amides is 1. The number of anilines is 1. The van der Waals surface area contributed by atoms with Gasteiger partial charge in [0.05, 0.1) is 11.3 Å². The van der Waals surface area contributed by atoms with Crippen LogP contribution in [-0.4, -0.2) is 32.3 Å². The molecule has 2 amide bonds. The van der Waals surface area contributed by atoms with Crippen LogP contribution >= 0.6 is 11.8 Å². The zero-order chi connectivity index (χ0) is 23.4. The highest BCUT2D eigenvalue weighted by molar-refractivity contribution is 7.99. The number of carbonyl (C=O) groups is 2. The fraction of sp³-hybridized carbons (Fsp3) is 0.0435. The summed E-state index contributed by atoms with van der Waals surface area (Å²) in [4.78, 5) is 23.8. The van der Waals surface area contributed by atoms with Crippen LogP contribution in [0.25, 0.3) is 17.1 Å². The Morgan fingerprint density at radius 1 is 0.970 bits per heavy atom. The van der Waals surface area contributed by atoms with Crippen LogP contribution in [0.5, 0.6) is 0 Å². The van der Waals surface area contributed by atoms with E-state index in [9.17, 15) is 18.4 Å². The molecule has 0 saturated heterocycles. The molecule has 4 rings (SSSR count). The summed E-state index contributed by atoms with van der Waals surface area (Å²) in [6, 6.07) is 18.8. The highest BCUT2D eigenvalue weighted by atomic mass is 32.2. The van der Waals surface area contributed by atoms with E-state index < -0.39 is 17.6 Å². The van der Waals surface area contributed by atoms with E-state index in [0.29, 0.717) is 16.5 Å². The molecule has 1 heterocycles. The first kappa shape index (κ1) is 22.2. The van der Waals surface area contributed by atoms with Gasteiger partial charge in [-0.2, -0.15) is 0 Å². The minimum atomic E-state index is -0.928. The van der Waals surface area contributed by atoms with Crippen molar-refractivity contribution in [3.8, 4) is 17.1 Å². The third kappa shape index (κ3) is 5.07. The smallest absolute Gasteiger partial charge is 0.251 e. The summed E-state index contributed by atoms with van der Waals surface area (Å²) in [6.07, 6.45) is 0. The molecule has 10 heteroatoms. The molecule has 0 unspecified atom stereocenters. The summed E-state index contributed by atoms with van der Waals surface area (Å²) in [6.45, 7) is 0. The van der Waals surface area contributed by atoms with Crippen LogP contribution in [0.1, 0.15) is 10.4 Å². The highest BCUT2D eigenvalue weighted by Crippen LogP contribution is 2.28.